The van der Waals surface area contributed by atoms with Gasteiger partial charge in [0.05, 0.1) is 12.6 Å². The molecule has 1 aromatic carbocycles. The first-order chi connectivity index (χ1) is 13.5. The summed E-state index contributed by atoms with van der Waals surface area (Å²) in [5.41, 5.74) is -0.119. The molecule has 1 aliphatic rings. The summed E-state index contributed by atoms with van der Waals surface area (Å²) in [6.07, 6.45) is 0.475. The van der Waals surface area contributed by atoms with Gasteiger partial charge in [0.25, 0.3) is 5.91 Å². The maximum atomic E-state index is 13.4. The number of aromatic nitrogens is 1. The summed E-state index contributed by atoms with van der Waals surface area (Å²) in [6.45, 7) is 3.09. The average Bonchev–Trinajstić information content (AvgIpc) is 2.92. The van der Waals surface area contributed by atoms with Crippen LogP contribution in [0.1, 0.15) is 24.3 Å². The molecular formula is C18H21F2N3O5S. The van der Waals surface area contributed by atoms with Crippen LogP contribution in [0.5, 0.6) is 5.75 Å². The van der Waals surface area contributed by atoms with Gasteiger partial charge in [-0.05, 0) is 18.1 Å². The molecule has 3 rings (SSSR count). The number of nitrogens with one attached hydrogen (secondary N) is 2. The summed E-state index contributed by atoms with van der Waals surface area (Å²) in [6, 6.07) is 1.95. The number of sulfonamides is 1. The largest absolute Gasteiger partial charge is 0.484 e. The Kier molecular flexibility index (Phi) is 5.65. The number of nitrogens with zero attached hydrogens (tertiary/aromatic N) is 1. The van der Waals surface area contributed by atoms with Crippen LogP contribution in [-0.2, 0) is 17.1 Å². The van der Waals surface area contributed by atoms with E-state index in [9.17, 15) is 27.1 Å². The number of carbonyl (C=O) groups is 1. The van der Waals surface area contributed by atoms with Gasteiger partial charge in [0, 0.05) is 25.0 Å². The fraction of sp³-hybridized carbons (Fsp3) is 0.389. The molecule has 11 heteroatoms. The zero-order chi connectivity index (χ0) is 21.5. The van der Waals surface area contributed by atoms with Gasteiger partial charge in [-0.15, -0.1) is 0 Å². The van der Waals surface area contributed by atoms with E-state index in [-0.39, 0.29) is 27.9 Å². The molecule has 8 nitrogen and oxygen atoms in total. The van der Waals surface area contributed by atoms with Crippen molar-refractivity contribution in [3.63, 3.8) is 0 Å². The fourth-order valence-corrected chi connectivity index (χ4v) is 4.62. The molecule has 0 bridgehead atoms. The lowest BCUT2D eigenvalue weighted by Crippen LogP contribution is -2.48. The van der Waals surface area contributed by atoms with Crippen molar-refractivity contribution < 1.29 is 31.8 Å². The SMILES string of the molecule is CC(C)[C@H]1Oc2c(cn(C)c2C(=O)Nc2ccc(F)c(F)c2)S(=O)(=O)N[C@@H]1CO. The van der Waals surface area contributed by atoms with Gasteiger partial charge in [-0.25, -0.2) is 21.9 Å². The van der Waals surface area contributed by atoms with Crippen molar-refractivity contribution in [2.75, 3.05) is 11.9 Å². The number of aryl methyl sites for hydroxylation is 1. The number of amides is 1. The Labute approximate surface area is 166 Å². The monoisotopic (exact) mass is 429 g/mol. The summed E-state index contributed by atoms with van der Waals surface area (Å²) >= 11 is 0. The Morgan fingerprint density at radius 2 is 2.03 bits per heavy atom. The first-order valence-corrected chi connectivity index (χ1v) is 10.3. The van der Waals surface area contributed by atoms with E-state index in [2.05, 4.69) is 10.0 Å². The van der Waals surface area contributed by atoms with Crippen LogP contribution >= 0.6 is 0 Å². The van der Waals surface area contributed by atoms with Crippen LogP contribution in [-0.4, -0.2) is 42.8 Å². The molecule has 0 spiro atoms. The summed E-state index contributed by atoms with van der Waals surface area (Å²) in [7, 11) is -2.61. The molecule has 0 unspecified atom stereocenters. The van der Waals surface area contributed by atoms with Crippen LogP contribution in [0.3, 0.4) is 0 Å². The highest BCUT2D eigenvalue weighted by atomic mass is 32.2. The summed E-state index contributed by atoms with van der Waals surface area (Å²) in [5.74, 6) is -3.33. The molecule has 0 aliphatic carbocycles. The van der Waals surface area contributed by atoms with Crippen LogP contribution in [0.25, 0.3) is 0 Å². The molecule has 29 heavy (non-hydrogen) atoms. The van der Waals surface area contributed by atoms with E-state index in [1.54, 1.807) is 13.8 Å². The second kappa shape index (κ2) is 7.73. The third-order valence-corrected chi connectivity index (χ3v) is 6.08. The lowest BCUT2D eigenvalue weighted by atomic mass is 10.0. The van der Waals surface area contributed by atoms with Crippen LogP contribution in [0, 0.1) is 17.6 Å². The standard InChI is InChI=1S/C18H21F2N3O5S/c1-9(2)16-13(8-24)22-29(26,27)14-7-23(3)15(17(14)28-16)18(25)21-10-4-5-11(19)12(20)6-10/h4-7,9,13,16,22,24H,8H2,1-3H3,(H,21,25)/t13-,16-/m1/s1. The third-order valence-electron chi connectivity index (χ3n) is 4.60. The zero-order valence-corrected chi connectivity index (χ0v) is 16.8. The smallest absolute Gasteiger partial charge is 0.276 e. The Balaban J connectivity index is 2.05. The van der Waals surface area contributed by atoms with Gasteiger partial charge in [-0.3, -0.25) is 4.79 Å². The van der Waals surface area contributed by atoms with Gasteiger partial charge in [-0.1, -0.05) is 13.8 Å². The fourth-order valence-electron chi connectivity index (χ4n) is 3.20. The van der Waals surface area contributed by atoms with Crippen molar-refractivity contribution in [2.45, 2.75) is 30.9 Å². The molecule has 0 fully saturated rings. The molecule has 2 aromatic rings. The van der Waals surface area contributed by atoms with E-state index in [0.29, 0.717) is 0 Å². The highest BCUT2D eigenvalue weighted by molar-refractivity contribution is 7.89. The van der Waals surface area contributed by atoms with Crippen molar-refractivity contribution in [2.24, 2.45) is 13.0 Å². The van der Waals surface area contributed by atoms with E-state index in [4.69, 9.17) is 4.74 Å². The Morgan fingerprint density at radius 3 is 2.62 bits per heavy atom. The number of rotatable bonds is 4. The summed E-state index contributed by atoms with van der Waals surface area (Å²) < 4.78 is 61.6. The van der Waals surface area contributed by atoms with Gasteiger partial charge < -0.3 is 19.7 Å². The Hall–Kier alpha value is -2.50. The minimum atomic E-state index is -4.07. The molecule has 0 saturated carbocycles. The number of aliphatic hydroxyl groups is 1. The number of ether oxygens (including phenoxy) is 1. The van der Waals surface area contributed by atoms with E-state index < -0.39 is 46.3 Å². The van der Waals surface area contributed by atoms with Crippen molar-refractivity contribution in [3.8, 4) is 5.75 Å². The topological polar surface area (TPSA) is 110 Å². The van der Waals surface area contributed by atoms with E-state index in [0.717, 1.165) is 12.1 Å². The Bertz CT molecular complexity index is 1050. The first-order valence-electron chi connectivity index (χ1n) is 8.80. The predicted octanol–water partition coefficient (Wildman–Crippen LogP) is 1.61. The minimum Gasteiger partial charge on any atom is -0.484 e. The molecule has 1 aromatic heterocycles. The molecule has 1 aliphatic heterocycles. The van der Waals surface area contributed by atoms with Crippen LogP contribution in [0.15, 0.2) is 29.3 Å². The van der Waals surface area contributed by atoms with E-state index >= 15 is 0 Å². The number of aliphatic hydroxyl groups excluding tert-OH is 1. The molecule has 158 valence electrons. The highest BCUT2D eigenvalue weighted by Gasteiger charge is 2.40. The van der Waals surface area contributed by atoms with Crippen molar-refractivity contribution in [1.82, 2.24) is 9.29 Å². The highest BCUT2D eigenvalue weighted by Crippen LogP contribution is 2.35. The molecule has 0 radical (unpaired) electrons. The van der Waals surface area contributed by atoms with Gasteiger partial charge in [0.2, 0.25) is 10.0 Å². The number of hydrogen-bond acceptors (Lipinski definition) is 5. The average molecular weight is 429 g/mol. The second-order valence-electron chi connectivity index (χ2n) is 7.10. The molecule has 0 saturated heterocycles. The molecule has 2 heterocycles. The Morgan fingerprint density at radius 1 is 1.34 bits per heavy atom. The zero-order valence-electron chi connectivity index (χ0n) is 15.9. The number of benzene rings is 1. The van der Waals surface area contributed by atoms with Crippen molar-refractivity contribution >= 4 is 21.6 Å². The quantitative estimate of drug-likeness (QED) is 0.684. The second-order valence-corrected chi connectivity index (χ2v) is 8.78. The van der Waals surface area contributed by atoms with Gasteiger partial charge in [0.15, 0.2) is 23.1 Å². The van der Waals surface area contributed by atoms with Crippen LogP contribution in [0.2, 0.25) is 0 Å². The molecule has 2 atom stereocenters. The molecular weight excluding hydrogens is 408 g/mol. The normalized spacial score (nSPS) is 20.7. The van der Waals surface area contributed by atoms with E-state index in [1.807, 2.05) is 0 Å². The first kappa shape index (κ1) is 21.2. The predicted molar refractivity (Wildman–Crippen MR) is 100 cm³/mol. The van der Waals surface area contributed by atoms with Crippen molar-refractivity contribution in [3.05, 3.63) is 41.7 Å². The maximum Gasteiger partial charge on any atom is 0.276 e. The number of anilines is 1. The number of hydrogen-bond donors (Lipinski definition) is 3. The molecule has 1 amide bonds. The van der Waals surface area contributed by atoms with E-state index in [1.165, 1.54) is 23.9 Å². The van der Waals surface area contributed by atoms with Crippen LogP contribution < -0.4 is 14.8 Å². The van der Waals surface area contributed by atoms with Gasteiger partial charge in [-0.2, -0.15) is 0 Å². The summed E-state index contributed by atoms with van der Waals surface area (Å²) in [4.78, 5) is 12.6. The molecule has 3 N–H and O–H groups in total. The minimum absolute atomic E-state index is 0.00732. The van der Waals surface area contributed by atoms with Crippen LogP contribution in [0.4, 0.5) is 14.5 Å². The number of fused-ring (bicyclic) bond motifs is 1. The van der Waals surface area contributed by atoms with Gasteiger partial charge >= 0.3 is 0 Å². The summed E-state index contributed by atoms with van der Waals surface area (Å²) in [5, 5.41) is 12.0. The lowest BCUT2D eigenvalue weighted by Gasteiger charge is -2.27. The van der Waals surface area contributed by atoms with Gasteiger partial charge in [0.1, 0.15) is 11.0 Å². The van der Waals surface area contributed by atoms with Crippen molar-refractivity contribution in [1.29, 1.82) is 0 Å². The lowest BCUT2D eigenvalue weighted by molar-refractivity contribution is 0.0837. The number of carbonyl (C=O) groups excluding carboxylic acids is 1. The number of halogens is 2. The third kappa shape index (κ3) is 3.98. The maximum absolute atomic E-state index is 13.4.